The van der Waals surface area contributed by atoms with Crippen LogP contribution >= 0.6 is 0 Å². The number of esters is 1. The highest BCUT2D eigenvalue weighted by atomic mass is 19.1. The van der Waals surface area contributed by atoms with Crippen LogP contribution in [0.2, 0.25) is 0 Å². The average Bonchev–Trinajstić information content (AvgIpc) is 3.05. The van der Waals surface area contributed by atoms with Crippen molar-refractivity contribution in [3.05, 3.63) is 93.8 Å². The van der Waals surface area contributed by atoms with Crippen LogP contribution in [0.15, 0.2) is 54.6 Å². The van der Waals surface area contributed by atoms with Crippen LogP contribution in [0.5, 0.6) is 0 Å². The van der Waals surface area contributed by atoms with Gasteiger partial charge < -0.3 is 10.1 Å². The molecule has 8 heteroatoms. The van der Waals surface area contributed by atoms with Gasteiger partial charge in [-0.15, -0.1) is 0 Å². The van der Waals surface area contributed by atoms with Gasteiger partial charge in [0.15, 0.2) is 6.61 Å². The number of amides is 3. The highest BCUT2D eigenvalue weighted by Crippen LogP contribution is 2.32. The smallest absolute Gasteiger partial charge is 0.338 e. The van der Waals surface area contributed by atoms with Crippen molar-refractivity contribution in [1.29, 1.82) is 0 Å². The predicted molar refractivity (Wildman–Crippen MR) is 124 cm³/mol. The zero-order valence-electron chi connectivity index (χ0n) is 18.8. The molecule has 172 valence electrons. The van der Waals surface area contributed by atoms with E-state index in [1.807, 2.05) is 19.1 Å². The molecule has 3 aromatic rings. The minimum absolute atomic E-state index is 0.0111. The van der Waals surface area contributed by atoms with E-state index in [9.17, 15) is 23.6 Å². The average molecular weight is 460 g/mol. The van der Waals surface area contributed by atoms with Crippen molar-refractivity contribution in [2.45, 2.75) is 20.8 Å². The quantitative estimate of drug-likeness (QED) is 0.452. The van der Waals surface area contributed by atoms with Crippen molar-refractivity contribution in [2.75, 3.05) is 16.8 Å². The van der Waals surface area contributed by atoms with Gasteiger partial charge in [0.25, 0.3) is 17.7 Å². The first-order valence-electron chi connectivity index (χ1n) is 10.5. The Kier molecular flexibility index (Phi) is 5.98. The number of aryl methyl sites for hydroxylation is 3. The van der Waals surface area contributed by atoms with Gasteiger partial charge in [-0.2, -0.15) is 0 Å². The fourth-order valence-electron chi connectivity index (χ4n) is 3.67. The molecule has 34 heavy (non-hydrogen) atoms. The van der Waals surface area contributed by atoms with Crippen molar-refractivity contribution >= 4 is 35.1 Å². The lowest BCUT2D eigenvalue weighted by Crippen LogP contribution is -2.30. The molecule has 0 aromatic heterocycles. The van der Waals surface area contributed by atoms with Crippen LogP contribution in [0.4, 0.5) is 15.8 Å². The largest absolute Gasteiger partial charge is 0.452 e. The standard InChI is InChI=1S/C26H21FN2O5/c1-14-5-9-21(20(27)10-14)28-23(30)13-34-26(33)17-7-8-18-19(12-17)25(32)29(24(18)31)22-11-15(2)4-6-16(22)3/h4-12H,13H2,1-3H3,(H,28,30). The number of nitrogens with zero attached hydrogens (tertiary/aromatic N) is 1. The fourth-order valence-corrected chi connectivity index (χ4v) is 3.67. The van der Waals surface area contributed by atoms with E-state index < -0.39 is 36.1 Å². The van der Waals surface area contributed by atoms with Gasteiger partial charge in [-0.3, -0.25) is 14.4 Å². The van der Waals surface area contributed by atoms with Crippen LogP contribution in [0.1, 0.15) is 47.8 Å². The number of hydrogen-bond acceptors (Lipinski definition) is 5. The first kappa shape index (κ1) is 22.8. The first-order chi connectivity index (χ1) is 16.2. The van der Waals surface area contributed by atoms with Gasteiger partial charge in [0, 0.05) is 0 Å². The van der Waals surface area contributed by atoms with Gasteiger partial charge >= 0.3 is 5.97 Å². The van der Waals surface area contributed by atoms with E-state index in [4.69, 9.17) is 4.74 Å². The monoisotopic (exact) mass is 460 g/mol. The van der Waals surface area contributed by atoms with E-state index in [1.165, 1.54) is 30.3 Å². The maximum absolute atomic E-state index is 13.9. The topological polar surface area (TPSA) is 92.8 Å². The number of nitrogens with one attached hydrogen (secondary N) is 1. The van der Waals surface area contributed by atoms with E-state index in [2.05, 4.69) is 5.32 Å². The van der Waals surface area contributed by atoms with E-state index >= 15 is 0 Å². The molecule has 0 radical (unpaired) electrons. The second-order valence-corrected chi connectivity index (χ2v) is 8.10. The summed E-state index contributed by atoms with van der Waals surface area (Å²) in [5, 5.41) is 2.34. The molecule has 0 fully saturated rings. The summed E-state index contributed by atoms with van der Waals surface area (Å²) in [6.07, 6.45) is 0. The van der Waals surface area contributed by atoms with Crippen molar-refractivity contribution in [1.82, 2.24) is 0 Å². The first-order valence-corrected chi connectivity index (χ1v) is 10.5. The molecule has 4 rings (SSSR count). The maximum Gasteiger partial charge on any atom is 0.338 e. The highest BCUT2D eigenvalue weighted by molar-refractivity contribution is 6.35. The van der Waals surface area contributed by atoms with E-state index in [1.54, 1.807) is 26.0 Å². The highest BCUT2D eigenvalue weighted by Gasteiger charge is 2.38. The molecule has 0 saturated heterocycles. The lowest BCUT2D eigenvalue weighted by atomic mass is 10.1. The number of anilines is 2. The molecule has 1 aliphatic rings. The van der Waals surface area contributed by atoms with Crippen molar-refractivity contribution in [3.63, 3.8) is 0 Å². The summed E-state index contributed by atoms with van der Waals surface area (Å²) in [6.45, 7) is 4.73. The molecule has 0 saturated carbocycles. The van der Waals surface area contributed by atoms with Crippen LogP contribution in [0.25, 0.3) is 0 Å². The van der Waals surface area contributed by atoms with E-state index in [-0.39, 0.29) is 22.4 Å². The Labute approximate surface area is 195 Å². The fraction of sp³-hybridized carbons (Fsp3) is 0.154. The number of fused-ring (bicyclic) bond motifs is 1. The van der Waals surface area contributed by atoms with Gasteiger partial charge in [0.2, 0.25) is 0 Å². The van der Waals surface area contributed by atoms with Gasteiger partial charge in [-0.1, -0.05) is 18.2 Å². The van der Waals surface area contributed by atoms with Crippen molar-refractivity contribution < 1.29 is 28.3 Å². The Morgan fingerprint density at radius 2 is 1.56 bits per heavy atom. The summed E-state index contributed by atoms with van der Waals surface area (Å²) in [5.41, 5.74) is 3.07. The van der Waals surface area contributed by atoms with Crippen LogP contribution in [-0.2, 0) is 9.53 Å². The van der Waals surface area contributed by atoms with Crippen LogP contribution in [0, 0.1) is 26.6 Å². The molecule has 1 N–H and O–H groups in total. The normalized spacial score (nSPS) is 12.5. The molecule has 0 unspecified atom stereocenters. The summed E-state index contributed by atoms with van der Waals surface area (Å²) in [4.78, 5) is 51.5. The molecule has 0 spiro atoms. The molecule has 0 bridgehead atoms. The van der Waals surface area contributed by atoms with Crippen molar-refractivity contribution in [3.8, 4) is 0 Å². The summed E-state index contributed by atoms with van der Waals surface area (Å²) in [7, 11) is 0. The zero-order chi connectivity index (χ0) is 24.6. The van der Waals surface area contributed by atoms with E-state index in [0.717, 1.165) is 16.0 Å². The molecule has 3 aromatic carbocycles. The van der Waals surface area contributed by atoms with Crippen molar-refractivity contribution in [2.24, 2.45) is 0 Å². The molecule has 0 aliphatic carbocycles. The summed E-state index contributed by atoms with van der Waals surface area (Å²) < 4.78 is 18.9. The van der Waals surface area contributed by atoms with Gasteiger partial charge in [-0.05, 0) is 73.9 Å². The number of carbonyl (C=O) groups is 4. The summed E-state index contributed by atoms with van der Waals surface area (Å²) >= 11 is 0. The van der Waals surface area contributed by atoms with Gasteiger partial charge in [-0.25, -0.2) is 14.1 Å². The van der Waals surface area contributed by atoms with E-state index in [0.29, 0.717) is 11.3 Å². The third-order valence-electron chi connectivity index (χ3n) is 5.46. The summed E-state index contributed by atoms with van der Waals surface area (Å²) in [6, 6.07) is 13.8. The summed E-state index contributed by atoms with van der Waals surface area (Å²) in [5.74, 6) is -3.20. The zero-order valence-corrected chi connectivity index (χ0v) is 18.8. The Hall–Kier alpha value is -4.33. The predicted octanol–water partition coefficient (Wildman–Crippen LogP) is 4.35. The molecular formula is C26H21FN2O5. The lowest BCUT2D eigenvalue weighted by molar-refractivity contribution is -0.119. The SMILES string of the molecule is Cc1ccc(NC(=O)COC(=O)c2ccc3c(c2)C(=O)N(c2cc(C)ccc2C)C3=O)c(F)c1. The third kappa shape index (κ3) is 4.30. The molecule has 7 nitrogen and oxygen atoms in total. The number of hydrogen-bond donors (Lipinski definition) is 1. The Bertz CT molecular complexity index is 1370. The maximum atomic E-state index is 13.9. The van der Waals surface area contributed by atoms with Gasteiger partial charge in [0.05, 0.1) is 28.1 Å². The third-order valence-corrected chi connectivity index (χ3v) is 5.46. The molecule has 3 amide bonds. The van der Waals surface area contributed by atoms with Crippen LogP contribution < -0.4 is 10.2 Å². The minimum Gasteiger partial charge on any atom is -0.452 e. The number of imide groups is 1. The Morgan fingerprint density at radius 3 is 2.29 bits per heavy atom. The van der Waals surface area contributed by atoms with Crippen LogP contribution in [-0.4, -0.2) is 30.3 Å². The number of benzene rings is 3. The Balaban J connectivity index is 1.47. The number of halogens is 1. The van der Waals surface area contributed by atoms with Gasteiger partial charge in [0.1, 0.15) is 5.82 Å². The number of ether oxygens (including phenoxy) is 1. The molecule has 1 aliphatic heterocycles. The number of carbonyl (C=O) groups excluding carboxylic acids is 4. The number of rotatable bonds is 5. The second-order valence-electron chi connectivity index (χ2n) is 8.10. The Morgan fingerprint density at radius 1 is 0.882 bits per heavy atom. The lowest BCUT2D eigenvalue weighted by Gasteiger charge is -2.17. The minimum atomic E-state index is -0.854. The van der Waals surface area contributed by atoms with Crippen LogP contribution in [0.3, 0.4) is 0 Å². The molecular weight excluding hydrogens is 439 g/mol. The molecule has 0 atom stereocenters. The second kappa shape index (κ2) is 8.90. The molecule has 1 heterocycles.